The summed E-state index contributed by atoms with van der Waals surface area (Å²) in [5, 5.41) is 15.8. The van der Waals surface area contributed by atoms with Gasteiger partial charge in [-0.3, -0.25) is 4.72 Å². The smallest absolute Gasteiger partial charge is 0.248 e. The predicted molar refractivity (Wildman–Crippen MR) is 65.2 cm³/mol. The van der Waals surface area contributed by atoms with Crippen molar-refractivity contribution in [2.75, 3.05) is 11.3 Å². The molecule has 0 aromatic heterocycles. The molecule has 0 saturated carbocycles. The van der Waals surface area contributed by atoms with Crippen molar-refractivity contribution in [2.45, 2.75) is 12.2 Å². The SMILES string of the molecule is CC(C#N)S(=O)(=O)Nc1cccc(OCC#N)c1. The highest BCUT2D eigenvalue weighted by atomic mass is 32.2. The molecule has 0 amide bonds. The lowest BCUT2D eigenvalue weighted by Crippen LogP contribution is -2.23. The summed E-state index contributed by atoms with van der Waals surface area (Å²) in [6, 6.07) is 9.61. The van der Waals surface area contributed by atoms with Gasteiger partial charge in [0.25, 0.3) is 0 Å². The number of hydrogen-bond acceptors (Lipinski definition) is 5. The Hall–Kier alpha value is -2.25. The number of nitrogens with zero attached hydrogens (tertiary/aromatic N) is 2. The summed E-state index contributed by atoms with van der Waals surface area (Å²) in [5.74, 6) is 0.376. The minimum Gasteiger partial charge on any atom is -0.479 e. The first-order chi connectivity index (χ1) is 8.49. The number of hydrogen-bond donors (Lipinski definition) is 1. The zero-order chi connectivity index (χ0) is 13.6. The van der Waals surface area contributed by atoms with Crippen molar-refractivity contribution >= 4 is 15.7 Å². The van der Waals surface area contributed by atoms with Crippen molar-refractivity contribution in [1.29, 1.82) is 10.5 Å². The van der Waals surface area contributed by atoms with Crippen molar-refractivity contribution in [3.05, 3.63) is 24.3 Å². The normalized spacial score (nSPS) is 11.9. The van der Waals surface area contributed by atoms with Gasteiger partial charge in [0.2, 0.25) is 10.0 Å². The standard InChI is InChI=1S/C11H11N3O3S/c1-9(8-13)18(15,16)14-10-3-2-4-11(7-10)17-6-5-12/h2-4,7,9,14H,6H2,1H3. The van der Waals surface area contributed by atoms with E-state index in [0.29, 0.717) is 5.75 Å². The molecule has 0 aliphatic rings. The Balaban J connectivity index is 2.87. The number of rotatable bonds is 5. The predicted octanol–water partition coefficient (Wildman–Crippen LogP) is 1.24. The topological polar surface area (TPSA) is 103 Å². The van der Waals surface area contributed by atoms with E-state index in [1.54, 1.807) is 18.2 Å². The van der Waals surface area contributed by atoms with Crippen molar-refractivity contribution in [3.63, 3.8) is 0 Å². The molecule has 0 saturated heterocycles. The first-order valence-corrected chi connectivity index (χ1v) is 6.55. The fourth-order valence-corrected chi connectivity index (χ4v) is 1.86. The monoisotopic (exact) mass is 265 g/mol. The van der Waals surface area contributed by atoms with Crippen LogP contribution < -0.4 is 9.46 Å². The van der Waals surface area contributed by atoms with E-state index in [4.69, 9.17) is 15.3 Å². The molecule has 0 spiro atoms. The summed E-state index contributed by atoms with van der Waals surface area (Å²) >= 11 is 0. The van der Waals surface area contributed by atoms with Gasteiger partial charge in [-0.25, -0.2) is 8.42 Å². The molecule has 1 aromatic carbocycles. The summed E-state index contributed by atoms with van der Waals surface area (Å²) in [4.78, 5) is 0. The molecule has 0 radical (unpaired) electrons. The third kappa shape index (κ3) is 3.65. The zero-order valence-electron chi connectivity index (χ0n) is 9.62. The van der Waals surface area contributed by atoms with E-state index in [2.05, 4.69) is 4.72 Å². The van der Waals surface area contributed by atoms with Crippen LogP contribution in [0.5, 0.6) is 5.75 Å². The van der Waals surface area contributed by atoms with Crippen LogP contribution >= 0.6 is 0 Å². The van der Waals surface area contributed by atoms with Gasteiger partial charge in [-0.15, -0.1) is 0 Å². The van der Waals surface area contributed by atoms with Gasteiger partial charge < -0.3 is 4.74 Å². The molecule has 0 aliphatic carbocycles. The van der Waals surface area contributed by atoms with Gasteiger partial charge in [0, 0.05) is 6.07 Å². The second-order valence-electron chi connectivity index (χ2n) is 3.39. The number of ether oxygens (including phenoxy) is 1. The van der Waals surface area contributed by atoms with Crippen LogP contribution in [0.4, 0.5) is 5.69 Å². The molecule has 0 fully saturated rings. The van der Waals surface area contributed by atoms with Gasteiger partial charge in [-0.05, 0) is 19.1 Å². The van der Waals surface area contributed by atoms with E-state index >= 15 is 0 Å². The summed E-state index contributed by atoms with van der Waals surface area (Å²) < 4.78 is 30.6. The third-order valence-electron chi connectivity index (χ3n) is 2.04. The second kappa shape index (κ2) is 5.89. The van der Waals surface area contributed by atoms with Crippen LogP contribution in [-0.4, -0.2) is 20.3 Å². The number of nitriles is 2. The summed E-state index contributed by atoms with van der Waals surface area (Å²) in [5.41, 5.74) is 0.285. The quantitative estimate of drug-likeness (QED) is 0.862. The van der Waals surface area contributed by atoms with Gasteiger partial charge in [0.05, 0.1) is 11.8 Å². The largest absolute Gasteiger partial charge is 0.479 e. The molecule has 7 heteroatoms. The molecule has 1 rings (SSSR count). The van der Waals surface area contributed by atoms with Gasteiger partial charge in [-0.1, -0.05) is 6.07 Å². The van der Waals surface area contributed by atoms with E-state index in [9.17, 15) is 8.42 Å². The molecule has 1 N–H and O–H groups in total. The van der Waals surface area contributed by atoms with E-state index in [0.717, 1.165) is 0 Å². The molecule has 6 nitrogen and oxygen atoms in total. The highest BCUT2D eigenvalue weighted by molar-refractivity contribution is 7.93. The second-order valence-corrected chi connectivity index (χ2v) is 5.39. The van der Waals surface area contributed by atoms with Crippen LogP contribution in [0.2, 0.25) is 0 Å². The Morgan fingerprint density at radius 2 is 2.17 bits per heavy atom. The van der Waals surface area contributed by atoms with E-state index < -0.39 is 15.3 Å². The molecule has 0 aliphatic heterocycles. The number of anilines is 1. The van der Waals surface area contributed by atoms with Crippen LogP contribution in [0.25, 0.3) is 0 Å². The summed E-state index contributed by atoms with van der Waals surface area (Å²) in [6.45, 7) is 1.17. The van der Waals surface area contributed by atoms with Crippen LogP contribution in [0.3, 0.4) is 0 Å². The van der Waals surface area contributed by atoms with Gasteiger partial charge in [0.1, 0.15) is 11.8 Å². The van der Waals surface area contributed by atoms with E-state index in [1.807, 2.05) is 6.07 Å². The molecule has 0 bridgehead atoms. The van der Waals surface area contributed by atoms with Gasteiger partial charge >= 0.3 is 0 Å². The molecule has 1 atom stereocenters. The van der Waals surface area contributed by atoms with Gasteiger partial charge in [0.15, 0.2) is 11.9 Å². The average molecular weight is 265 g/mol. The minimum absolute atomic E-state index is 0.120. The molecular formula is C11H11N3O3S. The van der Waals surface area contributed by atoms with Crippen molar-refractivity contribution < 1.29 is 13.2 Å². The van der Waals surface area contributed by atoms with Gasteiger partial charge in [-0.2, -0.15) is 10.5 Å². The highest BCUT2D eigenvalue weighted by Gasteiger charge is 2.19. The Morgan fingerprint density at radius 1 is 1.44 bits per heavy atom. The van der Waals surface area contributed by atoms with Crippen molar-refractivity contribution in [3.8, 4) is 17.9 Å². The average Bonchev–Trinajstić information content (AvgIpc) is 2.35. The van der Waals surface area contributed by atoms with Crippen molar-refractivity contribution in [1.82, 2.24) is 0 Å². The molecule has 94 valence electrons. The fourth-order valence-electron chi connectivity index (χ4n) is 1.09. The van der Waals surface area contributed by atoms with Crippen LogP contribution in [0, 0.1) is 22.7 Å². The highest BCUT2D eigenvalue weighted by Crippen LogP contribution is 2.19. The molecule has 1 unspecified atom stereocenters. The molecule has 0 heterocycles. The number of benzene rings is 1. The maximum atomic E-state index is 11.6. The van der Waals surface area contributed by atoms with Crippen LogP contribution in [-0.2, 0) is 10.0 Å². The molecule has 1 aromatic rings. The molecular weight excluding hydrogens is 254 g/mol. The van der Waals surface area contributed by atoms with Crippen molar-refractivity contribution in [2.24, 2.45) is 0 Å². The van der Waals surface area contributed by atoms with E-state index in [1.165, 1.54) is 19.1 Å². The Kier molecular flexibility index (Phi) is 4.52. The van der Waals surface area contributed by atoms with E-state index in [-0.39, 0.29) is 12.3 Å². The lowest BCUT2D eigenvalue weighted by Gasteiger charge is -2.10. The Morgan fingerprint density at radius 3 is 2.78 bits per heavy atom. The lowest BCUT2D eigenvalue weighted by atomic mass is 10.3. The fraction of sp³-hybridized carbons (Fsp3) is 0.273. The van der Waals surface area contributed by atoms with Crippen LogP contribution in [0.15, 0.2) is 24.3 Å². The lowest BCUT2D eigenvalue weighted by molar-refractivity contribution is 0.368. The first kappa shape index (κ1) is 13.8. The molecule has 18 heavy (non-hydrogen) atoms. The summed E-state index contributed by atoms with van der Waals surface area (Å²) in [6.07, 6.45) is 0. The Labute approximate surface area is 105 Å². The zero-order valence-corrected chi connectivity index (χ0v) is 10.4. The number of nitrogens with one attached hydrogen (secondary N) is 1. The number of sulfonamides is 1. The first-order valence-electron chi connectivity index (χ1n) is 5.00. The minimum atomic E-state index is -3.73. The maximum Gasteiger partial charge on any atom is 0.248 e. The van der Waals surface area contributed by atoms with Crippen LogP contribution in [0.1, 0.15) is 6.92 Å². The third-order valence-corrected chi connectivity index (χ3v) is 3.60. The maximum absolute atomic E-state index is 11.6. The summed E-state index contributed by atoms with van der Waals surface area (Å²) in [7, 11) is -3.73. The Bertz CT molecular complexity index is 599.